The molecular formula is C14H9ClF4O. The summed E-state index contributed by atoms with van der Waals surface area (Å²) in [6, 6.07) is 5.28. The Morgan fingerprint density at radius 1 is 0.950 bits per heavy atom. The maximum Gasteiger partial charge on any atom is 0.194 e. The van der Waals surface area contributed by atoms with E-state index in [9.17, 15) is 17.6 Å². The maximum absolute atomic E-state index is 13.7. The molecule has 6 heteroatoms. The van der Waals surface area contributed by atoms with Gasteiger partial charge in [-0.1, -0.05) is 6.07 Å². The number of hydrogen-bond acceptors (Lipinski definition) is 1. The smallest absolute Gasteiger partial charge is 0.194 e. The summed E-state index contributed by atoms with van der Waals surface area (Å²) < 4.78 is 58.1. The molecule has 0 amide bonds. The molecule has 2 aromatic rings. The second-order valence-electron chi connectivity index (χ2n) is 4.01. The van der Waals surface area contributed by atoms with Crippen molar-refractivity contribution in [3.63, 3.8) is 0 Å². The van der Waals surface area contributed by atoms with Crippen molar-refractivity contribution in [2.45, 2.75) is 5.38 Å². The van der Waals surface area contributed by atoms with Crippen LogP contribution >= 0.6 is 11.6 Å². The highest BCUT2D eigenvalue weighted by Gasteiger charge is 2.23. The molecule has 106 valence electrons. The van der Waals surface area contributed by atoms with Crippen LogP contribution in [0.3, 0.4) is 0 Å². The maximum atomic E-state index is 13.7. The fourth-order valence-corrected chi connectivity index (χ4v) is 2.15. The van der Waals surface area contributed by atoms with Crippen molar-refractivity contribution in [1.29, 1.82) is 0 Å². The van der Waals surface area contributed by atoms with Crippen molar-refractivity contribution in [1.82, 2.24) is 0 Å². The van der Waals surface area contributed by atoms with Crippen molar-refractivity contribution in [3.05, 3.63) is 64.7 Å². The number of methoxy groups -OCH3 is 1. The first-order valence-electron chi connectivity index (χ1n) is 5.56. The van der Waals surface area contributed by atoms with E-state index in [-0.39, 0.29) is 16.9 Å². The highest BCUT2D eigenvalue weighted by molar-refractivity contribution is 6.22. The van der Waals surface area contributed by atoms with Gasteiger partial charge < -0.3 is 4.74 Å². The summed E-state index contributed by atoms with van der Waals surface area (Å²) in [5, 5.41) is -1.21. The summed E-state index contributed by atoms with van der Waals surface area (Å²) in [5.41, 5.74) is -0.173. The molecule has 1 nitrogen and oxygen atoms in total. The predicted molar refractivity (Wildman–Crippen MR) is 67.0 cm³/mol. The van der Waals surface area contributed by atoms with Crippen molar-refractivity contribution < 1.29 is 22.3 Å². The minimum Gasteiger partial charge on any atom is -0.496 e. The summed E-state index contributed by atoms with van der Waals surface area (Å²) in [4.78, 5) is 0. The van der Waals surface area contributed by atoms with Gasteiger partial charge in [-0.2, -0.15) is 0 Å². The van der Waals surface area contributed by atoms with Crippen LogP contribution in [0.15, 0.2) is 30.3 Å². The number of hydrogen-bond donors (Lipinski definition) is 0. The second kappa shape index (κ2) is 5.71. The molecule has 0 radical (unpaired) electrons. The first-order valence-corrected chi connectivity index (χ1v) is 6.00. The molecule has 0 fully saturated rings. The van der Waals surface area contributed by atoms with Crippen LogP contribution in [0.4, 0.5) is 17.6 Å². The Balaban J connectivity index is 2.54. The Bertz CT molecular complexity index is 645. The van der Waals surface area contributed by atoms with E-state index in [0.29, 0.717) is 0 Å². The average Bonchev–Trinajstić information content (AvgIpc) is 2.44. The minimum absolute atomic E-state index is 0.124. The highest BCUT2D eigenvalue weighted by atomic mass is 35.5. The molecule has 0 saturated carbocycles. The summed E-state index contributed by atoms with van der Waals surface area (Å²) in [6.07, 6.45) is 0. The Kier molecular flexibility index (Phi) is 4.18. The van der Waals surface area contributed by atoms with E-state index in [1.165, 1.54) is 13.2 Å². The first-order chi connectivity index (χ1) is 9.45. The number of rotatable bonds is 3. The van der Waals surface area contributed by atoms with Gasteiger partial charge in [0.05, 0.1) is 12.5 Å². The molecule has 0 aliphatic rings. The lowest BCUT2D eigenvalue weighted by Crippen LogP contribution is -2.03. The quantitative estimate of drug-likeness (QED) is 0.458. The van der Waals surface area contributed by atoms with Crippen LogP contribution in [0, 0.1) is 23.3 Å². The number of benzene rings is 2. The van der Waals surface area contributed by atoms with Gasteiger partial charge in [0, 0.05) is 11.1 Å². The minimum atomic E-state index is -1.62. The number of ether oxygens (including phenoxy) is 1. The zero-order valence-corrected chi connectivity index (χ0v) is 11.0. The number of alkyl halides is 1. The molecule has 0 aromatic heterocycles. The third-order valence-electron chi connectivity index (χ3n) is 2.80. The van der Waals surface area contributed by atoms with Gasteiger partial charge >= 0.3 is 0 Å². The van der Waals surface area contributed by atoms with Crippen molar-refractivity contribution in [3.8, 4) is 5.75 Å². The van der Waals surface area contributed by atoms with Crippen LogP contribution in [0.5, 0.6) is 5.75 Å². The van der Waals surface area contributed by atoms with Crippen LogP contribution in [-0.2, 0) is 0 Å². The normalized spacial score (nSPS) is 12.3. The molecule has 1 unspecified atom stereocenters. The molecule has 20 heavy (non-hydrogen) atoms. The van der Waals surface area contributed by atoms with Gasteiger partial charge in [-0.3, -0.25) is 0 Å². The number of halogens is 5. The van der Waals surface area contributed by atoms with Gasteiger partial charge in [0.2, 0.25) is 0 Å². The van der Waals surface area contributed by atoms with Crippen LogP contribution < -0.4 is 4.74 Å². The van der Waals surface area contributed by atoms with Crippen LogP contribution in [0.2, 0.25) is 0 Å². The van der Waals surface area contributed by atoms with Gasteiger partial charge in [0.15, 0.2) is 17.5 Å². The molecule has 2 rings (SSSR count). The molecule has 0 N–H and O–H groups in total. The van der Waals surface area contributed by atoms with Crippen molar-refractivity contribution in [2.24, 2.45) is 0 Å². The third-order valence-corrected chi connectivity index (χ3v) is 3.27. The third kappa shape index (κ3) is 2.58. The molecule has 0 heterocycles. The molecule has 0 aliphatic carbocycles. The zero-order valence-electron chi connectivity index (χ0n) is 10.3. The zero-order chi connectivity index (χ0) is 14.9. The van der Waals surface area contributed by atoms with E-state index in [1.54, 1.807) is 0 Å². The second-order valence-corrected chi connectivity index (χ2v) is 4.45. The van der Waals surface area contributed by atoms with Crippen LogP contribution in [0.25, 0.3) is 0 Å². The highest BCUT2D eigenvalue weighted by Crippen LogP contribution is 2.37. The van der Waals surface area contributed by atoms with Crippen LogP contribution in [0.1, 0.15) is 16.5 Å². The van der Waals surface area contributed by atoms with Gasteiger partial charge in [-0.15, -0.1) is 11.6 Å². The lowest BCUT2D eigenvalue weighted by molar-refractivity contribution is 0.407. The van der Waals surface area contributed by atoms with Gasteiger partial charge in [-0.25, -0.2) is 17.6 Å². The van der Waals surface area contributed by atoms with E-state index < -0.39 is 28.6 Å². The molecule has 0 aliphatic heterocycles. The topological polar surface area (TPSA) is 9.23 Å². The van der Waals surface area contributed by atoms with Gasteiger partial charge in [-0.05, 0) is 24.3 Å². The predicted octanol–water partition coefficient (Wildman–Crippen LogP) is 4.58. The average molecular weight is 305 g/mol. The standard InChI is InChI=1S/C14H9ClF4O/c1-20-11-5-2-7(16)6-9(11)12(15)8-3-4-10(17)14(19)13(8)18/h2-6,12H,1H3. The van der Waals surface area contributed by atoms with Crippen LogP contribution in [-0.4, -0.2) is 7.11 Å². The van der Waals surface area contributed by atoms with Gasteiger partial charge in [0.1, 0.15) is 11.6 Å². The summed E-state index contributed by atoms with van der Waals surface area (Å²) >= 11 is 6.04. The fourth-order valence-electron chi connectivity index (χ4n) is 1.81. The molecule has 0 saturated heterocycles. The Hall–Kier alpha value is -1.75. The molecule has 0 spiro atoms. The Morgan fingerprint density at radius 2 is 1.65 bits per heavy atom. The summed E-state index contributed by atoms with van der Waals surface area (Å²) in [7, 11) is 1.34. The van der Waals surface area contributed by atoms with Crippen molar-refractivity contribution >= 4 is 11.6 Å². The SMILES string of the molecule is COc1ccc(F)cc1C(Cl)c1ccc(F)c(F)c1F. The van der Waals surface area contributed by atoms with E-state index in [1.807, 2.05) is 0 Å². The molecular weight excluding hydrogens is 296 g/mol. The summed E-state index contributed by atoms with van der Waals surface area (Å²) in [6.45, 7) is 0. The fraction of sp³-hybridized carbons (Fsp3) is 0.143. The Labute approximate surface area is 117 Å². The van der Waals surface area contributed by atoms with E-state index in [2.05, 4.69) is 0 Å². The Morgan fingerprint density at radius 3 is 2.30 bits per heavy atom. The molecule has 1 atom stereocenters. The lowest BCUT2D eigenvalue weighted by atomic mass is 10.0. The molecule has 2 aromatic carbocycles. The van der Waals surface area contributed by atoms with E-state index in [4.69, 9.17) is 16.3 Å². The first kappa shape index (κ1) is 14.7. The van der Waals surface area contributed by atoms with E-state index >= 15 is 0 Å². The molecule has 0 bridgehead atoms. The monoisotopic (exact) mass is 304 g/mol. The van der Waals surface area contributed by atoms with Gasteiger partial charge in [0.25, 0.3) is 0 Å². The van der Waals surface area contributed by atoms with Crippen molar-refractivity contribution in [2.75, 3.05) is 7.11 Å². The van der Waals surface area contributed by atoms with E-state index in [0.717, 1.165) is 24.3 Å². The summed E-state index contributed by atoms with van der Waals surface area (Å²) in [5.74, 6) is -4.73. The largest absolute Gasteiger partial charge is 0.496 e. The lowest BCUT2D eigenvalue weighted by Gasteiger charge is -2.15.